The van der Waals surface area contributed by atoms with E-state index in [9.17, 15) is 4.79 Å². The third-order valence-corrected chi connectivity index (χ3v) is 5.84. The molecule has 0 spiro atoms. The molecule has 0 radical (unpaired) electrons. The van der Waals surface area contributed by atoms with Gasteiger partial charge in [0.2, 0.25) is 11.0 Å². The Morgan fingerprint density at radius 3 is 3.04 bits per heavy atom. The fourth-order valence-corrected chi connectivity index (χ4v) is 4.27. The number of hydrogen-bond acceptors (Lipinski definition) is 8. The minimum Gasteiger partial charge on any atom is -0.330 e. The Kier molecular flexibility index (Phi) is 5.65. The average molecular weight is 388 g/mol. The first-order chi connectivity index (χ1) is 12.1. The number of thiophene rings is 1. The van der Waals surface area contributed by atoms with Gasteiger partial charge in [-0.3, -0.25) is 4.79 Å². The SMILES string of the molecule is Cc1cccc(Nc2nnc(SCC(=O)Nc3sccc3C#N)s2)c1. The summed E-state index contributed by atoms with van der Waals surface area (Å²) in [6.45, 7) is 2.02. The van der Waals surface area contributed by atoms with Gasteiger partial charge in [-0.2, -0.15) is 5.26 Å². The lowest BCUT2D eigenvalue weighted by Crippen LogP contribution is -2.13. The first-order valence-electron chi connectivity index (χ1n) is 7.21. The number of aromatic nitrogens is 2. The lowest BCUT2D eigenvalue weighted by atomic mass is 10.2. The standard InChI is InChI=1S/C16H13N5OS3/c1-10-3-2-4-12(7-10)18-15-20-21-16(25-15)24-9-13(22)19-14-11(8-17)5-6-23-14/h2-7H,9H2,1H3,(H,18,20)(H,19,22). The average Bonchev–Trinajstić information content (AvgIpc) is 3.22. The van der Waals surface area contributed by atoms with Crippen LogP contribution in [0, 0.1) is 18.3 Å². The van der Waals surface area contributed by atoms with Crippen molar-refractivity contribution in [2.75, 3.05) is 16.4 Å². The van der Waals surface area contributed by atoms with Crippen LogP contribution in [0.5, 0.6) is 0 Å². The fraction of sp³-hybridized carbons (Fsp3) is 0.125. The fourth-order valence-electron chi connectivity index (χ4n) is 1.95. The molecular weight excluding hydrogens is 374 g/mol. The van der Waals surface area contributed by atoms with Gasteiger partial charge in [-0.05, 0) is 36.1 Å². The second-order valence-corrected chi connectivity index (χ2v) is 8.10. The van der Waals surface area contributed by atoms with Gasteiger partial charge in [-0.15, -0.1) is 21.5 Å². The number of amides is 1. The molecular formula is C16H13N5OS3. The molecule has 126 valence electrons. The largest absolute Gasteiger partial charge is 0.330 e. The van der Waals surface area contributed by atoms with Crippen molar-refractivity contribution in [3.63, 3.8) is 0 Å². The van der Waals surface area contributed by atoms with E-state index in [2.05, 4.69) is 20.8 Å². The number of thioether (sulfide) groups is 1. The summed E-state index contributed by atoms with van der Waals surface area (Å²) < 4.78 is 0.706. The smallest absolute Gasteiger partial charge is 0.235 e. The zero-order valence-corrected chi connectivity index (χ0v) is 15.6. The summed E-state index contributed by atoms with van der Waals surface area (Å²) in [4.78, 5) is 12.0. The molecule has 0 saturated heterocycles. The Hall–Kier alpha value is -2.41. The molecule has 0 bridgehead atoms. The molecule has 0 aliphatic carbocycles. The third kappa shape index (κ3) is 4.79. The number of nitrogens with zero attached hydrogens (tertiary/aromatic N) is 3. The summed E-state index contributed by atoms with van der Waals surface area (Å²) in [6.07, 6.45) is 0. The molecule has 9 heteroatoms. The number of aryl methyl sites for hydroxylation is 1. The maximum atomic E-state index is 12.0. The number of nitriles is 1. The van der Waals surface area contributed by atoms with Gasteiger partial charge < -0.3 is 10.6 Å². The number of anilines is 3. The van der Waals surface area contributed by atoms with E-state index in [1.807, 2.05) is 37.3 Å². The summed E-state index contributed by atoms with van der Waals surface area (Å²) in [7, 11) is 0. The summed E-state index contributed by atoms with van der Waals surface area (Å²) >= 11 is 4.04. The van der Waals surface area contributed by atoms with Gasteiger partial charge in [0.05, 0.1) is 11.3 Å². The lowest BCUT2D eigenvalue weighted by molar-refractivity contribution is -0.113. The molecule has 1 amide bonds. The molecule has 6 nitrogen and oxygen atoms in total. The van der Waals surface area contributed by atoms with Gasteiger partial charge >= 0.3 is 0 Å². The molecule has 3 rings (SSSR count). The summed E-state index contributed by atoms with van der Waals surface area (Å²) in [6, 6.07) is 11.7. The molecule has 25 heavy (non-hydrogen) atoms. The van der Waals surface area contributed by atoms with E-state index in [-0.39, 0.29) is 11.7 Å². The van der Waals surface area contributed by atoms with Crippen LogP contribution < -0.4 is 10.6 Å². The zero-order chi connectivity index (χ0) is 17.6. The molecule has 0 saturated carbocycles. The Balaban J connectivity index is 1.53. The number of carbonyl (C=O) groups is 1. The predicted molar refractivity (Wildman–Crippen MR) is 103 cm³/mol. The van der Waals surface area contributed by atoms with Crippen molar-refractivity contribution in [1.82, 2.24) is 10.2 Å². The minimum absolute atomic E-state index is 0.174. The normalized spacial score (nSPS) is 10.2. The molecule has 0 atom stereocenters. The first kappa shape index (κ1) is 17.4. The summed E-state index contributed by atoms with van der Waals surface area (Å²) in [5.74, 6) is 0.0364. The van der Waals surface area contributed by atoms with E-state index in [0.717, 1.165) is 11.3 Å². The van der Waals surface area contributed by atoms with Gasteiger partial charge in [-0.25, -0.2) is 0 Å². The Morgan fingerprint density at radius 1 is 1.36 bits per heavy atom. The second-order valence-electron chi connectivity index (χ2n) is 4.98. The van der Waals surface area contributed by atoms with Crippen molar-refractivity contribution < 1.29 is 4.79 Å². The molecule has 2 N–H and O–H groups in total. The third-order valence-electron chi connectivity index (χ3n) is 3.04. The Morgan fingerprint density at radius 2 is 2.24 bits per heavy atom. The topological polar surface area (TPSA) is 90.7 Å². The summed E-state index contributed by atoms with van der Waals surface area (Å²) in [5.41, 5.74) is 2.59. The highest BCUT2D eigenvalue weighted by Crippen LogP contribution is 2.28. The van der Waals surface area contributed by atoms with Crippen LogP contribution in [-0.2, 0) is 4.79 Å². The van der Waals surface area contributed by atoms with Crippen LogP contribution in [-0.4, -0.2) is 21.9 Å². The number of hydrogen-bond donors (Lipinski definition) is 2. The number of benzene rings is 1. The van der Waals surface area contributed by atoms with Crippen LogP contribution in [0.2, 0.25) is 0 Å². The molecule has 0 unspecified atom stereocenters. The van der Waals surface area contributed by atoms with E-state index in [1.54, 1.807) is 11.4 Å². The zero-order valence-electron chi connectivity index (χ0n) is 13.1. The van der Waals surface area contributed by atoms with E-state index in [1.165, 1.54) is 34.4 Å². The van der Waals surface area contributed by atoms with Crippen LogP contribution in [0.25, 0.3) is 0 Å². The number of rotatable bonds is 6. The molecule has 0 aliphatic heterocycles. The highest BCUT2D eigenvalue weighted by Gasteiger charge is 2.11. The van der Waals surface area contributed by atoms with Gasteiger partial charge in [0.1, 0.15) is 11.1 Å². The van der Waals surface area contributed by atoms with Crippen molar-refractivity contribution in [2.45, 2.75) is 11.3 Å². The van der Waals surface area contributed by atoms with Gasteiger partial charge in [0, 0.05) is 5.69 Å². The lowest BCUT2D eigenvalue weighted by Gasteiger charge is -2.02. The maximum Gasteiger partial charge on any atom is 0.235 e. The Labute approximate surface area is 156 Å². The predicted octanol–water partition coefficient (Wildman–Crippen LogP) is 4.25. The van der Waals surface area contributed by atoms with Crippen molar-refractivity contribution in [2.24, 2.45) is 0 Å². The van der Waals surface area contributed by atoms with Gasteiger partial charge in [0.15, 0.2) is 4.34 Å². The van der Waals surface area contributed by atoms with Gasteiger partial charge in [-0.1, -0.05) is 35.2 Å². The molecule has 1 aromatic carbocycles. The van der Waals surface area contributed by atoms with Crippen LogP contribution in [0.1, 0.15) is 11.1 Å². The number of nitrogens with one attached hydrogen (secondary N) is 2. The van der Waals surface area contributed by atoms with Crippen LogP contribution in [0.3, 0.4) is 0 Å². The van der Waals surface area contributed by atoms with Crippen molar-refractivity contribution >= 4 is 56.2 Å². The van der Waals surface area contributed by atoms with E-state index in [0.29, 0.717) is 20.0 Å². The molecule has 3 aromatic rings. The highest BCUT2D eigenvalue weighted by atomic mass is 32.2. The molecule has 2 heterocycles. The molecule has 0 fully saturated rings. The highest BCUT2D eigenvalue weighted by molar-refractivity contribution is 8.01. The monoisotopic (exact) mass is 387 g/mol. The van der Waals surface area contributed by atoms with Crippen molar-refractivity contribution in [3.8, 4) is 6.07 Å². The van der Waals surface area contributed by atoms with Crippen LogP contribution in [0.15, 0.2) is 40.1 Å². The van der Waals surface area contributed by atoms with E-state index < -0.39 is 0 Å². The molecule has 2 aromatic heterocycles. The quantitative estimate of drug-likeness (QED) is 0.614. The first-order valence-corrected chi connectivity index (χ1v) is 9.89. The number of carbonyl (C=O) groups excluding carboxylic acids is 1. The van der Waals surface area contributed by atoms with E-state index >= 15 is 0 Å². The minimum atomic E-state index is -0.174. The van der Waals surface area contributed by atoms with Crippen molar-refractivity contribution in [3.05, 3.63) is 46.8 Å². The Bertz CT molecular complexity index is 928. The summed E-state index contributed by atoms with van der Waals surface area (Å²) in [5, 5.41) is 26.1. The second kappa shape index (κ2) is 8.11. The van der Waals surface area contributed by atoms with E-state index in [4.69, 9.17) is 5.26 Å². The van der Waals surface area contributed by atoms with Crippen molar-refractivity contribution in [1.29, 1.82) is 5.26 Å². The molecule has 0 aliphatic rings. The van der Waals surface area contributed by atoms with Crippen LogP contribution >= 0.6 is 34.4 Å². The maximum absolute atomic E-state index is 12.0. The van der Waals surface area contributed by atoms with Gasteiger partial charge in [0.25, 0.3) is 0 Å². The van der Waals surface area contributed by atoms with Crippen LogP contribution in [0.4, 0.5) is 15.8 Å².